The average Bonchev–Trinajstić information content (AvgIpc) is 3.89. The highest BCUT2D eigenvalue weighted by Crippen LogP contribution is 2.42. The number of nitrogens with zero attached hydrogens (tertiary/aromatic N) is 5. The van der Waals surface area contributed by atoms with Crippen molar-refractivity contribution in [1.29, 1.82) is 10.5 Å². The molecular weight excluding hydrogens is 671 g/mol. The van der Waals surface area contributed by atoms with Gasteiger partial charge in [-0.2, -0.15) is 10.5 Å². The molecular formula is C50H29N5. The van der Waals surface area contributed by atoms with Crippen molar-refractivity contribution in [2.24, 2.45) is 0 Å². The first-order valence-electron chi connectivity index (χ1n) is 18.3. The molecule has 254 valence electrons. The molecule has 0 aliphatic heterocycles. The van der Waals surface area contributed by atoms with Gasteiger partial charge in [0, 0.05) is 49.1 Å². The number of aromatic nitrogens is 3. The van der Waals surface area contributed by atoms with Gasteiger partial charge in [0.1, 0.15) is 0 Å². The summed E-state index contributed by atoms with van der Waals surface area (Å²) in [5.41, 5.74) is 12.4. The lowest BCUT2D eigenvalue weighted by molar-refractivity contribution is 1.16. The van der Waals surface area contributed by atoms with Crippen molar-refractivity contribution in [3.05, 3.63) is 187 Å². The summed E-state index contributed by atoms with van der Waals surface area (Å²) >= 11 is 0. The Morgan fingerprint density at radius 1 is 0.327 bits per heavy atom. The molecule has 11 aromatic rings. The van der Waals surface area contributed by atoms with E-state index in [9.17, 15) is 10.5 Å². The van der Waals surface area contributed by atoms with Crippen LogP contribution >= 0.6 is 0 Å². The predicted molar refractivity (Wildman–Crippen MR) is 224 cm³/mol. The highest BCUT2D eigenvalue weighted by atomic mass is 15.0. The summed E-state index contributed by atoms with van der Waals surface area (Å²) in [7, 11) is 0. The average molecular weight is 700 g/mol. The Morgan fingerprint density at radius 2 is 0.800 bits per heavy atom. The van der Waals surface area contributed by atoms with E-state index in [4.69, 9.17) is 0 Å². The van der Waals surface area contributed by atoms with E-state index in [1.54, 1.807) is 0 Å². The molecule has 8 aromatic carbocycles. The van der Waals surface area contributed by atoms with Gasteiger partial charge in [-0.15, -0.1) is 0 Å². The molecule has 0 spiro atoms. The van der Waals surface area contributed by atoms with E-state index in [0.717, 1.165) is 82.8 Å². The van der Waals surface area contributed by atoms with Gasteiger partial charge < -0.3 is 13.7 Å². The van der Waals surface area contributed by atoms with Crippen molar-refractivity contribution >= 4 is 65.4 Å². The third kappa shape index (κ3) is 4.33. The van der Waals surface area contributed by atoms with Crippen LogP contribution in [0.25, 0.3) is 93.6 Å². The standard InChI is InChI=1S/C50H29N5/c51-30-32-13-11-24-46-49(32)39-17-4-10-23-45(39)55(46)41-19-6-1-14-36(41)35-28-27-34(29-33(35)31-52)53-44-22-9-5-18-40(44)50-47(53)25-12-26-48(50)54-42-20-7-2-15-37(42)38-16-3-8-21-43(38)54/h1-29H. The van der Waals surface area contributed by atoms with Gasteiger partial charge in [-0.05, 0) is 66.7 Å². The summed E-state index contributed by atoms with van der Waals surface area (Å²) in [6.07, 6.45) is 0. The van der Waals surface area contributed by atoms with Crippen molar-refractivity contribution in [2.45, 2.75) is 0 Å². The highest BCUT2D eigenvalue weighted by molar-refractivity contribution is 6.17. The number of para-hydroxylation sites is 5. The van der Waals surface area contributed by atoms with Crippen LogP contribution < -0.4 is 0 Å². The summed E-state index contributed by atoms with van der Waals surface area (Å²) in [5.74, 6) is 0. The number of benzene rings is 8. The number of hydrogen-bond acceptors (Lipinski definition) is 2. The van der Waals surface area contributed by atoms with Crippen LogP contribution in [0.2, 0.25) is 0 Å². The predicted octanol–water partition coefficient (Wildman–Crippen LogP) is 12.4. The van der Waals surface area contributed by atoms with Gasteiger partial charge in [0.25, 0.3) is 0 Å². The van der Waals surface area contributed by atoms with Crippen LogP contribution in [-0.2, 0) is 0 Å². The molecule has 3 aromatic heterocycles. The van der Waals surface area contributed by atoms with Gasteiger partial charge in [-0.1, -0.05) is 109 Å². The first-order chi connectivity index (χ1) is 27.2. The summed E-state index contributed by atoms with van der Waals surface area (Å²) < 4.78 is 6.90. The zero-order valence-corrected chi connectivity index (χ0v) is 29.5. The Balaban J connectivity index is 1.14. The molecule has 5 heteroatoms. The Bertz CT molecular complexity index is 3420. The van der Waals surface area contributed by atoms with Crippen LogP contribution in [0.1, 0.15) is 11.1 Å². The quantitative estimate of drug-likeness (QED) is 0.184. The summed E-state index contributed by atoms with van der Waals surface area (Å²) in [5, 5.41) is 27.6. The van der Waals surface area contributed by atoms with E-state index in [1.165, 1.54) is 10.8 Å². The number of nitriles is 2. The van der Waals surface area contributed by atoms with Crippen molar-refractivity contribution in [1.82, 2.24) is 13.7 Å². The lowest BCUT2D eigenvalue weighted by atomic mass is 9.97. The minimum atomic E-state index is 0.577. The van der Waals surface area contributed by atoms with E-state index < -0.39 is 0 Å². The molecule has 0 amide bonds. The number of hydrogen-bond donors (Lipinski definition) is 0. The molecule has 5 nitrogen and oxygen atoms in total. The Hall–Kier alpha value is -7.86. The van der Waals surface area contributed by atoms with E-state index in [1.807, 2.05) is 42.5 Å². The molecule has 0 aliphatic carbocycles. The first kappa shape index (κ1) is 30.7. The van der Waals surface area contributed by atoms with Crippen LogP contribution in [-0.4, -0.2) is 13.7 Å². The van der Waals surface area contributed by atoms with Crippen LogP contribution in [0.4, 0.5) is 0 Å². The van der Waals surface area contributed by atoms with Gasteiger partial charge in [-0.3, -0.25) is 0 Å². The number of rotatable bonds is 4. The Morgan fingerprint density at radius 3 is 1.47 bits per heavy atom. The maximum absolute atomic E-state index is 10.8. The largest absolute Gasteiger partial charge is 0.309 e. The van der Waals surface area contributed by atoms with E-state index in [-0.39, 0.29) is 0 Å². The van der Waals surface area contributed by atoms with Gasteiger partial charge in [0.2, 0.25) is 0 Å². The van der Waals surface area contributed by atoms with E-state index in [2.05, 4.69) is 159 Å². The fourth-order valence-corrected chi connectivity index (χ4v) is 8.91. The number of fused-ring (bicyclic) bond motifs is 9. The highest BCUT2D eigenvalue weighted by Gasteiger charge is 2.22. The maximum atomic E-state index is 10.8. The first-order valence-corrected chi connectivity index (χ1v) is 18.3. The van der Waals surface area contributed by atoms with Gasteiger partial charge >= 0.3 is 0 Å². The minimum absolute atomic E-state index is 0.577. The molecule has 0 bridgehead atoms. The molecule has 55 heavy (non-hydrogen) atoms. The minimum Gasteiger partial charge on any atom is -0.309 e. The fraction of sp³-hybridized carbons (Fsp3) is 0. The van der Waals surface area contributed by atoms with Crippen LogP contribution in [0.3, 0.4) is 0 Å². The monoisotopic (exact) mass is 699 g/mol. The third-order valence-corrected chi connectivity index (χ3v) is 11.1. The summed E-state index contributed by atoms with van der Waals surface area (Å²) in [6.45, 7) is 0. The summed E-state index contributed by atoms with van der Waals surface area (Å²) in [4.78, 5) is 0. The van der Waals surface area contributed by atoms with E-state index >= 15 is 0 Å². The molecule has 0 atom stereocenters. The van der Waals surface area contributed by atoms with E-state index in [0.29, 0.717) is 11.1 Å². The maximum Gasteiger partial charge on any atom is 0.0998 e. The van der Waals surface area contributed by atoms with Gasteiger partial charge in [0.15, 0.2) is 0 Å². The molecule has 0 saturated carbocycles. The second kappa shape index (κ2) is 11.8. The van der Waals surface area contributed by atoms with Gasteiger partial charge in [-0.25, -0.2) is 0 Å². The van der Waals surface area contributed by atoms with Crippen molar-refractivity contribution < 1.29 is 0 Å². The normalized spacial score (nSPS) is 11.6. The van der Waals surface area contributed by atoms with Crippen LogP contribution in [0.5, 0.6) is 0 Å². The molecule has 0 saturated heterocycles. The van der Waals surface area contributed by atoms with Crippen molar-refractivity contribution in [3.63, 3.8) is 0 Å². The second-order valence-electron chi connectivity index (χ2n) is 13.9. The van der Waals surface area contributed by atoms with Crippen LogP contribution in [0, 0.1) is 22.7 Å². The smallest absolute Gasteiger partial charge is 0.0998 e. The molecule has 11 rings (SSSR count). The molecule has 0 unspecified atom stereocenters. The summed E-state index contributed by atoms with van der Waals surface area (Å²) in [6, 6.07) is 65.8. The lowest BCUT2D eigenvalue weighted by Crippen LogP contribution is -2.00. The second-order valence-corrected chi connectivity index (χ2v) is 13.9. The molecule has 0 aliphatic rings. The van der Waals surface area contributed by atoms with Gasteiger partial charge in [0.05, 0.1) is 67.7 Å². The molecule has 3 heterocycles. The SMILES string of the molecule is N#Cc1cc(-n2c3ccccc3c3c(-n4c5ccccc5c5ccccc54)cccc32)ccc1-c1ccccc1-n1c2ccccc2c2c(C#N)cccc21. The zero-order valence-electron chi connectivity index (χ0n) is 29.5. The lowest BCUT2D eigenvalue weighted by Gasteiger charge is -2.16. The Labute approximate surface area is 316 Å². The van der Waals surface area contributed by atoms with Crippen molar-refractivity contribution in [2.75, 3.05) is 0 Å². The molecule has 0 N–H and O–H groups in total. The Kier molecular flexibility index (Phi) is 6.61. The molecule has 0 radical (unpaired) electrons. The van der Waals surface area contributed by atoms with Crippen molar-refractivity contribution in [3.8, 4) is 40.3 Å². The molecule has 0 fully saturated rings. The van der Waals surface area contributed by atoms with Crippen LogP contribution in [0.15, 0.2) is 176 Å². The zero-order chi connectivity index (χ0) is 36.6. The topological polar surface area (TPSA) is 62.4 Å². The fourth-order valence-electron chi connectivity index (χ4n) is 8.91. The third-order valence-electron chi connectivity index (χ3n) is 11.1.